The molecule has 0 amide bonds. The molecule has 0 aliphatic heterocycles. The fourth-order valence-corrected chi connectivity index (χ4v) is 4.10. The van der Waals surface area contributed by atoms with Crippen LogP contribution in [-0.4, -0.2) is 28.7 Å². The van der Waals surface area contributed by atoms with Crippen LogP contribution in [0.2, 0.25) is 0 Å². The first-order valence-electron chi connectivity index (χ1n) is 8.63. The number of benzene rings is 2. The third-order valence-electron chi connectivity index (χ3n) is 4.39. The molecule has 0 saturated carbocycles. The molecule has 26 heavy (non-hydrogen) atoms. The summed E-state index contributed by atoms with van der Waals surface area (Å²) in [6, 6.07) is 11.0. The predicted molar refractivity (Wildman–Crippen MR) is 104 cm³/mol. The molecule has 2 aromatic carbocycles. The molecule has 5 nitrogen and oxygen atoms in total. The van der Waals surface area contributed by atoms with E-state index >= 15 is 0 Å². The number of nitrogens with one attached hydrogen (secondary N) is 1. The predicted octanol–water partition coefficient (Wildman–Crippen LogP) is 3.79. The molecule has 0 saturated heterocycles. The second kappa shape index (κ2) is 8.56. The standard InChI is InChI=1S/C20H27NO4S/c1-14(2)17-8-6-7-9-19(17)25-13-12-21-26(22,23)20-11-10-18(24-5)15(3)16(20)4/h6-11,14,21H,12-13H2,1-5H3. The van der Waals surface area contributed by atoms with Crippen molar-refractivity contribution >= 4 is 10.0 Å². The molecule has 142 valence electrons. The van der Waals surface area contributed by atoms with Gasteiger partial charge in [0, 0.05) is 6.54 Å². The van der Waals surface area contributed by atoms with Gasteiger partial charge in [-0.25, -0.2) is 13.1 Å². The van der Waals surface area contributed by atoms with Gasteiger partial charge in [-0.2, -0.15) is 0 Å². The van der Waals surface area contributed by atoms with Crippen molar-refractivity contribution in [2.45, 2.75) is 38.5 Å². The minimum Gasteiger partial charge on any atom is -0.496 e. The lowest BCUT2D eigenvalue weighted by atomic mass is 10.0. The van der Waals surface area contributed by atoms with E-state index in [-0.39, 0.29) is 18.0 Å². The Balaban J connectivity index is 2.03. The molecule has 2 rings (SSSR count). The number of para-hydroxylation sites is 1. The summed E-state index contributed by atoms with van der Waals surface area (Å²) < 4.78 is 38.8. The van der Waals surface area contributed by atoms with E-state index in [2.05, 4.69) is 18.6 Å². The lowest BCUT2D eigenvalue weighted by Gasteiger charge is -2.15. The van der Waals surface area contributed by atoms with Crippen molar-refractivity contribution in [2.24, 2.45) is 0 Å². The number of hydrogen-bond donors (Lipinski definition) is 1. The van der Waals surface area contributed by atoms with Gasteiger partial charge in [-0.05, 0) is 54.7 Å². The van der Waals surface area contributed by atoms with Gasteiger partial charge in [0.15, 0.2) is 0 Å². The third kappa shape index (κ3) is 4.56. The molecule has 0 aliphatic rings. The minimum absolute atomic E-state index is 0.194. The van der Waals surface area contributed by atoms with Crippen LogP contribution in [0.5, 0.6) is 11.5 Å². The van der Waals surface area contributed by atoms with Crippen molar-refractivity contribution in [3.63, 3.8) is 0 Å². The summed E-state index contributed by atoms with van der Waals surface area (Å²) in [5, 5.41) is 0. The number of rotatable bonds is 8. The van der Waals surface area contributed by atoms with Gasteiger partial charge in [0.05, 0.1) is 12.0 Å². The van der Waals surface area contributed by atoms with Crippen molar-refractivity contribution < 1.29 is 17.9 Å². The number of hydrogen-bond acceptors (Lipinski definition) is 4. The van der Waals surface area contributed by atoms with E-state index in [0.717, 1.165) is 16.9 Å². The molecule has 0 aromatic heterocycles. The van der Waals surface area contributed by atoms with Crippen LogP contribution in [0.1, 0.15) is 36.5 Å². The van der Waals surface area contributed by atoms with Crippen molar-refractivity contribution in [3.8, 4) is 11.5 Å². The number of methoxy groups -OCH3 is 1. The summed E-state index contributed by atoms with van der Waals surface area (Å²) in [6.45, 7) is 8.27. The molecule has 0 radical (unpaired) electrons. The Bertz CT molecular complexity index is 860. The lowest BCUT2D eigenvalue weighted by molar-refractivity contribution is 0.318. The fraction of sp³-hybridized carbons (Fsp3) is 0.400. The molecule has 0 atom stereocenters. The van der Waals surface area contributed by atoms with Crippen molar-refractivity contribution in [3.05, 3.63) is 53.1 Å². The van der Waals surface area contributed by atoms with Crippen LogP contribution in [-0.2, 0) is 10.0 Å². The summed E-state index contributed by atoms with van der Waals surface area (Å²) in [5.41, 5.74) is 2.61. The van der Waals surface area contributed by atoms with E-state index in [0.29, 0.717) is 17.2 Å². The molecule has 0 heterocycles. The fourth-order valence-electron chi connectivity index (χ4n) is 2.79. The Kier molecular flexibility index (Phi) is 6.67. The molecule has 6 heteroatoms. The average Bonchev–Trinajstić information content (AvgIpc) is 2.61. The van der Waals surface area contributed by atoms with Crippen molar-refractivity contribution in [2.75, 3.05) is 20.3 Å². The maximum absolute atomic E-state index is 12.6. The summed E-state index contributed by atoms with van der Waals surface area (Å²) >= 11 is 0. The Morgan fingerprint density at radius 2 is 1.69 bits per heavy atom. The van der Waals surface area contributed by atoms with Gasteiger partial charge in [0.1, 0.15) is 18.1 Å². The average molecular weight is 378 g/mol. The number of sulfonamides is 1. The van der Waals surface area contributed by atoms with Gasteiger partial charge in [0.2, 0.25) is 10.0 Å². The molecule has 0 fully saturated rings. The molecule has 0 aliphatic carbocycles. The summed E-state index contributed by atoms with van der Waals surface area (Å²) in [7, 11) is -2.03. The van der Waals surface area contributed by atoms with Crippen LogP contribution in [0.4, 0.5) is 0 Å². The third-order valence-corrected chi connectivity index (χ3v) is 6.00. The molecule has 0 spiro atoms. The first-order chi connectivity index (χ1) is 12.3. The topological polar surface area (TPSA) is 64.6 Å². The first kappa shape index (κ1) is 20.3. The SMILES string of the molecule is COc1ccc(S(=O)(=O)NCCOc2ccccc2C(C)C)c(C)c1C. The van der Waals surface area contributed by atoms with Gasteiger partial charge in [-0.1, -0.05) is 32.0 Å². The van der Waals surface area contributed by atoms with Gasteiger partial charge < -0.3 is 9.47 Å². The highest BCUT2D eigenvalue weighted by molar-refractivity contribution is 7.89. The summed E-state index contributed by atoms with van der Waals surface area (Å²) in [6.07, 6.45) is 0. The smallest absolute Gasteiger partial charge is 0.240 e. The highest BCUT2D eigenvalue weighted by atomic mass is 32.2. The quantitative estimate of drug-likeness (QED) is 0.711. The first-order valence-corrected chi connectivity index (χ1v) is 10.1. The second-order valence-electron chi connectivity index (χ2n) is 6.45. The van der Waals surface area contributed by atoms with E-state index in [1.807, 2.05) is 31.2 Å². The molecule has 0 unspecified atom stereocenters. The zero-order chi connectivity index (χ0) is 19.3. The molecular weight excluding hydrogens is 350 g/mol. The van der Waals surface area contributed by atoms with Crippen LogP contribution < -0.4 is 14.2 Å². The largest absolute Gasteiger partial charge is 0.496 e. The van der Waals surface area contributed by atoms with Gasteiger partial charge in [0.25, 0.3) is 0 Å². The van der Waals surface area contributed by atoms with Crippen LogP contribution >= 0.6 is 0 Å². The van der Waals surface area contributed by atoms with Gasteiger partial charge in [-0.15, -0.1) is 0 Å². The second-order valence-corrected chi connectivity index (χ2v) is 8.19. The van der Waals surface area contributed by atoms with E-state index in [4.69, 9.17) is 9.47 Å². The highest BCUT2D eigenvalue weighted by Gasteiger charge is 2.19. The molecule has 1 N–H and O–H groups in total. The highest BCUT2D eigenvalue weighted by Crippen LogP contribution is 2.27. The Hall–Kier alpha value is -2.05. The Morgan fingerprint density at radius 1 is 1.00 bits per heavy atom. The van der Waals surface area contributed by atoms with E-state index in [1.54, 1.807) is 26.2 Å². The zero-order valence-corrected chi connectivity index (χ0v) is 16.8. The maximum atomic E-state index is 12.6. The van der Waals surface area contributed by atoms with Crippen molar-refractivity contribution in [1.29, 1.82) is 0 Å². The number of ether oxygens (including phenoxy) is 2. The zero-order valence-electron chi connectivity index (χ0n) is 16.0. The molecule has 0 bridgehead atoms. The minimum atomic E-state index is -3.60. The normalized spacial score (nSPS) is 11.6. The van der Waals surface area contributed by atoms with Crippen LogP contribution in [0.25, 0.3) is 0 Å². The summed E-state index contributed by atoms with van der Waals surface area (Å²) in [5.74, 6) is 1.81. The van der Waals surface area contributed by atoms with Crippen molar-refractivity contribution in [1.82, 2.24) is 4.72 Å². The molecule has 2 aromatic rings. The maximum Gasteiger partial charge on any atom is 0.240 e. The van der Waals surface area contributed by atoms with E-state index in [1.165, 1.54) is 0 Å². The Morgan fingerprint density at radius 3 is 2.35 bits per heavy atom. The van der Waals surface area contributed by atoms with Crippen LogP contribution in [0.15, 0.2) is 41.3 Å². The van der Waals surface area contributed by atoms with E-state index < -0.39 is 10.0 Å². The van der Waals surface area contributed by atoms with Crippen LogP contribution in [0.3, 0.4) is 0 Å². The van der Waals surface area contributed by atoms with Gasteiger partial charge in [-0.3, -0.25) is 0 Å². The van der Waals surface area contributed by atoms with Gasteiger partial charge >= 0.3 is 0 Å². The monoisotopic (exact) mass is 377 g/mol. The Labute approximate surface area is 156 Å². The van der Waals surface area contributed by atoms with Crippen LogP contribution in [0, 0.1) is 13.8 Å². The van der Waals surface area contributed by atoms with E-state index in [9.17, 15) is 8.42 Å². The molecular formula is C20H27NO4S. The lowest BCUT2D eigenvalue weighted by Crippen LogP contribution is -2.29. The summed E-state index contributed by atoms with van der Waals surface area (Å²) in [4.78, 5) is 0.262.